The number of anilines is 1. The second kappa shape index (κ2) is 6.83. The Morgan fingerprint density at radius 2 is 1.78 bits per heavy atom. The van der Waals surface area contributed by atoms with E-state index in [0.717, 1.165) is 10.4 Å². The third-order valence-electron chi connectivity index (χ3n) is 4.61. The summed E-state index contributed by atoms with van der Waals surface area (Å²) in [7, 11) is -2.13. The van der Waals surface area contributed by atoms with Crippen molar-refractivity contribution in [2.75, 3.05) is 12.4 Å². The van der Waals surface area contributed by atoms with Gasteiger partial charge in [0, 0.05) is 28.2 Å². The SMILES string of the molecule is COc1ccccc1[C@@H]1CC(=O)Nc2c(S(=O)(=O)c3ccccc3)csc21. The summed E-state index contributed by atoms with van der Waals surface area (Å²) in [6.07, 6.45) is 0.249. The highest BCUT2D eigenvalue weighted by Gasteiger charge is 2.35. The Balaban J connectivity index is 1.86. The van der Waals surface area contributed by atoms with Crippen molar-refractivity contribution >= 4 is 32.8 Å². The van der Waals surface area contributed by atoms with Crippen LogP contribution in [-0.4, -0.2) is 21.4 Å². The number of methoxy groups -OCH3 is 1. The normalized spacial score (nSPS) is 16.5. The Morgan fingerprint density at radius 3 is 2.52 bits per heavy atom. The Kier molecular flexibility index (Phi) is 4.49. The third-order valence-corrected chi connectivity index (χ3v) is 7.65. The van der Waals surface area contributed by atoms with E-state index in [2.05, 4.69) is 5.32 Å². The van der Waals surface area contributed by atoms with Gasteiger partial charge in [-0.1, -0.05) is 36.4 Å². The predicted molar refractivity (Wildman–Crippen MR) is 104 cm³/mol. The van der Waals surface area contributed by atoms with Crippen molar-refractivity contribution in [3.8, 4) is 5.75 Å². The highest BCUT2D eigenvalue weighted by Crippen LogP contribution is 2.47. The summed E-state index contributed by atoms with van der Waals surface area (Å²) in [4.78, 5) is 13.6. The molecule has 7 heteroatoms. The maximum Gasteiger partial charge on any atom is 0.225 e. The second-order valence-electron chi connectivity index (χ2n) is 6.20. The number of amides is 1. The number of carbonyl (C=O) groups is 1. The van der Waals surface area contributed by atoms with Crippen LogP contribution in [0.5, 0.6) is 5.75 Å². The number of para-hydroxylation sites is 1. The van der Waals surface area contributed by atoms with Gasteiger partial charge < -0.3 is 10.1 Å². The first-order valence-corrected chi connectivity index (χ1v) is 10.7. The molecule has 1 aliphatic rings. The molecular formula is C20H17NO4S2. The van der Waals surface area contributed by atoms with E-state index in [9.17, 15) is 13.2 Å². The van der Waals surface area contributed by atoms with Crippen LogP contribution in [0.4, 0.5) is 5.69 Å². The van der Waals surface area contributed by atoms with Crippen molar-refractivity contribution in [3.05, 3.63) is 70.4 Å². The molecule has 138 valence electrons. The zero-order valence-electron chi connectivity index (χ0n) is 14.5. The molecule has 0 radical (unpaired) electrons. The smallest absolute Gasteiger partial charge is 0.225 e. The van der Waals surface area contributed by atoms with Gasteiger partial charge in [0.25, 0.3) is 0 Å². The van der Waals surface area contributed by atoms with Gasteiger partial charge in [-0.3, -0.25) is 4.79 Å². The van der Waals surface area contributed by atoms with Crippen molar-refractivity contribution in [2.24, 2.45) is 0 Å². The van der Waals surface area contributed by atoms with E-state index >= 15 is 0 Å². The average Bonchev–Trinajstić information content (AvgIpc) is 3.12. The van der Waals surface area contributed by atoms with Gasteiger partial charge in [0.1, 0.15) is 10.6 Å². The fourth-order valence-electron chi connectivity index (χ4n) is 3.33. The first-order chi connectivity index (χ1) is 13.0. The molecule has 0 saturated carbocycles. The quantitative estimate of drug-likeness (QED) is 0.718. The van der Waals surface area contributed by atoms with Crippen LogP contribution < -0.4 is 10.1 Å². The van der Waals surface area contributed by atoms with Crippen LogP contribution in [0, 0.1) is 0 Å². The minimum absolute atomic E-state index is 0.140. The van der Waals surface area contributed by atoms with Crippen molar-refractivity contribution in [3.63, 3.8) is 0 Å². The second-order valence-corrected chi connectivity index (χ2v) is 9.03. The van der Waals surface area contributed by atoms with Crippen LogP contribution in [0.25, 0.3) is 0 Å². The molecule has 5 nitrogen and oxygen atoms in total. The van der Waals surface area contributed by atoms with Gasteiger partial charge in [-0.2, -0.15) is 0 Å². The fraction of sp³-hybridized carbons (Fsp3) is 0.150. The van der Waals surface area contributed by atoms with Crippen LogP contribution in [0.2, 0.25) is 0 Å². The monoisotopic (exact) mass is 399 g/mol. The summed E-state index contributed by atoms with van der Waals surface area (Å²) < 4.78 is 31.6. The van der Waals surface area contributed by atoms with Gasteiger partial charge in [0.05, 0.1) is 17.7 Å². The number of benzene rings is 2. The lowest BCUT2D eigenvalue weighted by Crippen LogP contribution is -2.23. The molecule has 0 saturated heterocycles. The van der Waals surface area contributed by atoms with Gasteiger partial charge >= 0.3 is 0 Å². The van der Waals surface area contributed by atoms with Crippen LogP contribution in [0.15, 0.2) is 69.8 Å². The Hall–Kier alpha value is -2.64. The summed E-state index contributed by atoms with van der Waals surface area (Å²) in [6, 6.07) is 15.8. The highest BCUT2D eigenvalue weighted by atomic mass is 32.2. The van der Waals surface area contributed by atoms with Crippen molar-refractivity contribution in [1.82, 2.24) is 0 Å². The maximum absolute atomic E-state index is 13.1. The molecule has 0 unspecified atom stereocenters. The molecule has 3 aromatic rings. The summed E-state index contributed by atoms with van der Waals surface area (Å²) >= 11 is 1.35. The molecule has 2 aromatic carbocycles. The zero-order valence-corrected chi connectivity index (χ0v) is 16.1. The summed E-state index contributed by atoms with van der Waals surface area (Å²) in [6.45, 7) is 0. The molecular weight excluding hydrogens is 382 g/mol. The number of nitrogens with one attached hydrogen (secondary N) is 1. The van der Waals surface area contributed by atoms with Gasteiger partial charge in [-0.15, -0.1) is 11.3 Å². The number of fused-ring (bicyclic) bond motifs is 1. The molecule has 1 atom stereocenters. The van der Waals surface area contributed by atoms with Crippen molar-refractivity contribution in [1.29, 1.82) is 0 Å². The first kappa shape index (κ1) is 17.8. The lowest BCUT2D eigenvalue weighted by Gasteiger charge is -2.25. The maximum atomic E-state index is 13.1. The Labute approximate surface area is 161 Å². The van der Waals surface area contributed by atoms with Crippen LogP contribution >= 0.6 is 11.3 Å². The molecule has 4 rings (SSSR count). The van der Waals surface area contributed by atoms with E-state index in [1.807, 2.05) is 24.3 Å². The molecule has 27 heavy (non-hydrogen) atoms. The zero-order chi connectivity index (χ0) is 19.0. The van der Waals surface area contributed by atoms with Crippen LogP contribution in [-0.2, 0) is 14.6 Å². The van der Waals surface area contributed by atoms with Crippen LogP contribution in [0.1, 0.15) is 22.8 Å². The standard InChI is InChI=1S/C20H17NO4S2/c1-25-16-10-6-5-9-14(16)15-11-18(22)21-19-17(12-26-20(15)19)27(23,24)13-7-3-2-4-8-13/h2-10,12,15H,11H2,1H3,(H,21,22)/t15-/m0/s1. The van der Waals surface area contributed by atoms with E-state index in [0.29, 0.717) is 11.4 Å². The molecule has 0 bridgehead atoms. The predicted octanol–water partition coefficient (Wildman–Crippen LogP) is 4.06. The molecule has 2 heterocycles. The Morgan fingerprint density at radius 1 is 1.07 bits per heavy atom. The van der Waals surface area contributed by atoms with E-state index in [1.165, 1.54) is 11.3 Å². The highest BCUT2D eigenvalue weighted by molar-refractivity contribution is 7.91. The van der Waals surface area contributed by atoms with E-state index in [1.54, 1.807) is 42.8 Å². The average molecular weight is 399 g/mol. The van der Waals surface area contributed by atoms with Gasteiger partial charge in [-0.05, 0) is 18.2 Å². The summed E-state index contributed by atoms with van der Waals surface area (Å²) in [5.74, 6) is 0.236. The van der Waals surface area contributed by atoms with Crippen LogP contribution in [0.3, 0.4) is 0 Å². The van der Waals surface area contributed by atoms with E-state index in [4.69, 9.17) is 4.74 Å². The van der Waals surface area contributed by atoms with Gasteiger partial charge in [-0.25, -0.2) is 8.42 Å². The van der Waals surface area contributed by atoms with E-state index < -0.39 is 9.84 Å². The minimum atomic E-state index is -3.72. The number of rotatable bonds is 4. The molecule has 1 aromatic heterocycles. The molecule has 1 aliphatic heterocycles. The topological polar surface area (TPSA) is 72.5 Å². The number of ether oxygens (including phenoxy) is 1. The molecule has 0 fully saturated rings. The Bertz CT molecular complexity index is 1100. The molecule has 0 spiro atoms. The minimum Gasteiger partial charge on any atom is -0.496 e. The number of thiophene rings is 1. The largest absolute Gasteiger partial charge is 0.496 e. The fourth-order valence-corrected chi connectivity index (χ4v) is 6.25. The summed E-state index contributed by atoms with van der Waals surface area (Å²) in [5, 5.41) is 4.39. The van der Waals surface area contributed by atoms with Gasteiger partial charge in [0.2, 0.25) is 15.7 Å². The number of hydrogen-bond donors (Lipinski definition) is 1. The summed E-state index contributed by atoms with van der Waals surface area (Å²) in [5.41, 5.74) is 1.26. The van der Waals surface area contributed by atoms with Crippen molar-refractivity contribution in [2.45, 2.75) is 22.1 Å². The van der Waals surface area contributed by atoms with Gasteiger partial charge in [0.15, 0.2) is 0 Å². The first-order valence-electron chi connectivity index (χ1n) is 8.36. The lowest BCUT2D eigenvalue weighted by atomic mass is 9.90. The third kappa shape index (κ3) is 3.02. The lowest BCUT2D eigenvalue weighted by molar-refractivity contribution is -0.116. The number of carbonyl (C=O) groups excluding carboxylic acids is 1. The number of hydrogen-bond acceptors (Lipinski definition) is 5. The molecule has 0 aliphatic carbocycles. The molecule has 1 N–H and O–H groups in total. The number of sulfone groups is 1. The molecule has 1 amide bonds. The van der Waals surface area contributed by atoms with E-state index in [-0.39, 0.29) is 28.0 Å². The van der Waals surface area contributed by atoms with Crippen molar-refractivity contribution < 1.29 is 17.9 Å².